The lowest BCUT2D eigenvalue weighted by molar-refractivity contribution is 0.181. The Bertz CT molecular complexity index is 218. The van der Waals surface area contributed by atoms with Gasteiger partial charge in [0.2, 0.25) is 0 Å². The molecular weight excluding hydrogens is 308 g/mol. The number of likely N-dealkylation sites (tertiary alicyclic amines) is 2. The second-order valence-corrected chi connectivity index (χ2v) is 6.98. The highest BCUT2D eigenvalue weighted by molar-refractivity contribution is 4.64. The van der Waals surface area contributed by atoms with E-state index in [0.717, 1.165) is 0 Å². The number of nitrogens with zero attached hydrogens (tertiary/aromatic N) is 4. The van der Waals surface area contributed by atoms with Crippen molar-refractivity contribution in [2.45, 2.75) is 59.8 Å². The molecule has 3 rings (SSSR count). The molecule has 0 spiro atoms. The molecule has 0 aliphatic carbocycles. The van der Waals surface area contributed by atoms with E-state index in [-0.39, 0.29) is 0 Å². The quantitative estimate of drug-likeness (QED) is 0.654. The monoisotopic (exact) mass is 358 g/mol. The number of hydrogen-bond acceptors (Lipinski definition) is 4. The lowest BCUT2D eigenvalue weighted by Crippen LogP contribution is -2.42. The third kappa shape index (κ3) is 18.4. The molecule has 4 heteroatoms. The maximum absolute atomic E-state index is 2.39. The maximum atomic E-state index is 2.39. The molecule has 0 bridgehead atoms. The summed E-state index contributed by atoms with van der Waals surface area (Å²) in [7, 11) is 8.71. The number of rotatable bonds is 0. The molecule has 4 nitrogen and oxygen atoms in total. The third-order valence-corrected chi connectivity index (χ3v) is 4.64. The van der Waals surface area contributed by atoms with E-state index in [1.54, 1.807) is 0 Å². The van der Waals surface area contributed by atoms with Gasteiger partial charge in [0.05, 0.1) is 0 Å². The molecule has 3 aliphatic heterocycles. The molecule has 154 valence electrons. The molecule has 0 amide bonds. The van der Waals surface area contributed by atoms with Crippen LogP contribution in [0.3, 0.4) is 0 Å². The van der Waals surface area contributed by atoms with Crippen LogP contribution in [0.15, 0.2) is 0 Å². The fourth-order valence-electron chi connectivity index (χ4n) is 2.83. The van der Waals surface area contributed by atoms with Crippen molar-refractivity contribution in [1.82, 2.24) is 19.6 Å². The summed E-state index contributed by atoms with van der Waals surface area (Å²) >= 11 is 0. The largest absolute Gasteiger partial charge is 0.306 e. The number of piperidine rings is 1. The standard InChI is InChI=1S/C6H14N2.C6H13N.C5H11N.2C2H6/c1-7-3-5-8(2)6-4-7;1-7-5-3-2-4-6-7;1-6-4-2-3-5-6;2*1-2/h3-6H2,1-2H3;2-6H2,1H3;2-5H2,1H3;2*1-2H3. The first-order valence-corrected chi connectivity index (χ1v) is 10.8. The smallest absolute Gasteiger partial charge is 0.0107 e. The summed E-state index contributed by atoms with van der Waals surface area (Å²) in [5, 5.41) is 0. The summed E-state index contributed by atoms with van der Waals surface area (Å²) in [6.45, 7) is 18.2. The summed E-state index contributed by atoms with van der Waals surface area (Å²) in [5.74, 6) is 0. The highest BCUT2D eigenvalue weighted by atomic mass is 15.2. The van der Waals surface area contributed by atoms with Crippen molar-refractivity contribution in [3.05, 3.63) is 0 Å². The van der Waals surface area contributed by atoms with Crippen LogP contribution in [0, 0.1) is 0 Å². The van der Waals surface area contributed by atoms with Crippen molar-refractivity contribution in [3.8, 4) is 0 Å². The Morgan fingerprint density at radius 3 is 0.680 bits per heavy atom. The maximum Gasteiger partial charge on any atom is 0.0107 e. The van der Waals surface area contributed by atoms with Gasteiger partial charge in [-0.2, -0.15) is 0 Å². The minimum Gasteiger partial charge on any atom is -0.306 e. The van der Waals surface area contributed by atoms with Gasteiger partial charge in [-0.3, -0.25) is 0 Å². The molecule has 0 unspecified atom stereocenters. The van der Waals surface area contributed by atoms with Gasteiger partial charge >= 0.3 is 0 Å². The summed E-state index contributed by atoms with van der Waals surface area (Å²) in [5.41, 5.74) is 0. The predicted molar refractivity (Wildman–Crippen MR) is 116 cm³/mol. The van der Waals surface area contributed by atoms with E-state index in [1.807, 2.05) is 27.7 Å². The van der Waals surface area contributed by atoms with Crippen LogP contribution in [0.5, 0.6) is 0 Å². The molecule has 25 heavy (non-hydrogen) atoms. The van der Waals surface area contributed by atoms with Gasteiger partial charge in [0.15, 0.2) is 0 Å². The second-order valence-electron chi connectivity index (χ2n) is 6.98. The van der Waals surface area contributed by atoms with Gasteiger partial charge in [-0.15, -0.1) is 0 Å². The fourth-order valence-corrected chi connectivity index (χ4v) is 2.83. The van der Waals surface area contributed by atoms with Crippen LogP contribution < -0.4 is 0 Å². The van der Waals surface area contributed by atoms with Gasteiger partial charge in [-0.05, 0) is 80.1 Å². The molecule has 3 aliphatic rings. The van der Waals surface area contributed by atoms with Crippen LogP contribution in [-0.4, -0.2) is 100 Å². The molecule has 0 radical (unpaired) electrons. The summed E-state index contributed by atoms with van der Waals surface area (Å²) in [4.78, 5) is 9.48. The van der Waals surface area contributed by atoms with E-state index in [9.17, 15) is 0 Å². The van der Waals surface area contributed by atoms with Crippen molar-refractivity contribution in [3.63, 3.8) is 0 Å². The highest BCUT2D eigenvalue weighted by Gasteiger charge is 2.07. The van der Waals surface area contributed by atoms with Crippen molar-refractivity contribution in [2.75, 3.05) is 80.5 Å². The minimum absolute atomic E-state index is 1.23. The van der Waals surface area contributed by atoms with Crippen molar-refractivity contribution in [2.24, 2.45) is 0 Å². The van der Waals surface area contributed by atoms with Crippen LogP contribution in [0.25, 0.3) is 0 Å². The Balaban J connectivity index is 0. The average molecular weight is 359 g/mol. The van der Waals surface area contributed by atoms with Gasteiger partial charge in [0, 0.05) is 26.2 Å². The van der Waals surface area contributed by atoms with Gasteiger partial charge in [0.25, 0.3) is 0 Å². The second kappa shape index (κ2) is 20.2. The SMILES string of the molecule is CC.CC.CN1CCCC1.CN1CCCCC1.CN1CCN(C)CC1. The predicted octanol–water partition coefficient (Wildman–Crippen LogP) is 3.73. The fraction of sp³-hybridized carbons (Fsp3) is 1.00. The molecule has 0 aromatic carbocycles. The minimum atomic E-state index is 1.23. The van der Waals surface area contributed by atoms with Crippen molar-refractivity contribution >= 4 is 0 Å². The molecule has 0 atom stereocenters. The van der Waals surface area contributed by atoms with Gasteiger partial charge < -0.3 is 19.6 Å². The first kappa shape index (κ1) is 27.1. The van der Waals surface area contributed by atoms with E-state index in [0.29, 0.717) is 0 Å². The lowest BCUT2D eigenvalue weighted by Gasteiger charge is -2.28. The van der Waals surface area contributed by atoms with Crippen molar-refractivity contribution in [1.29, 1.82) is 0 Å². The number of piperazine rings is 1. The zero-order chi connectivity index (χ0) is 19.5. The van der Waals surface area contributed by atoms with E-state index < -0.39 is 0 Å². The van der Waals surface area contributed by atoms with Crippen LogP contribution >= 0.6 is 0 Å². The van der Waals surface area contributed by atoms with Crippen LogP contribution in [0.2, 0.25) is 0 Å². The summed E-state index contributed by atoms with van der Waals surface area (Å²) in [6.07, 6.45) is 7.10. The summed E-state index contributed by atoms with van der Waals surface area (Å²) < 4.78 is 0. The van der Waals surface area contributed by atoms with Crippen LogP contribution in [0.1, 0.15) is 59.8 Å². The first-order chi connectivity index (χ1) is 12.1. The van der Waals surface area contributed by atoms with Crippen LogP contribution in [0.4, 0.5) is 0 Å². The zero-order valence-corrected chi connectivity index (χ0v) is 19.0. The molecule has 0 aromatic heterocycles. The Morgan fingerprint density at radius 2 is 0.520 bits per heavy atom. The van der Waals surface area contributed by atoms with Crippen molar-refractivity contribution < 1.29 is 0 Å². The molecule has 3 saturated heterocycles. The van der Waals surface area contributed by atoms with E-state index >= 15 is 0 Å². The number of hydrogen-bond donors (Lipinski definition) is 0. The Kier molecular flexibility index (Phi) is 21.8. The molecule has 0 N–H and O–H groups in total. The molecule has 3 heterocycles. The molecule has 0 aromatic rings. The first-order valence-electron chi connectivity index (χ1n) is 10.8. The zero-order valence-electron chi connectivity index (χ0n) is 19.0. The molecular formula is C21H50N4. The summed E-state index contributed by atoms with van der Waals surface area (Å²) in [6, 6.07) is 0. The normalized spacial score (nSPS) is 22.1. The van der Waals surface area contributed by atoms with Gasteiger partial charge in [-0.25, -0.2) is 0 Å². The Hall–Kier alpha value is -0.160. The number of likely N-dealkylation sites (N-methyl/N-ethyl adjacent to an activating group) is 2. The Labute approximate surface area is 160 Å². The third-order valence-electron chi connectivity index (χ3n) is 4.64. The molecule has 0 saturated carbocycles. The Morgan fingerprint density at radius 1 is 0.320 bits per heavy atom. The van der Waals surface area contributed by atoms with Crippen LogP contribution in [-0.2, 0) is 0 Å². The molecule has 3 fully saturated rings. The van der Waals surface area contributed by atoms with Gasteiger partial charge in [0.1, 0.15) is 0 Å². The van der Waals surface area contributed by atoms with E-state index in [4.69, 9.17) is 0 Å². The van der Waals surface area contributed by atoms with E-state index in [2.05, 4.69) is 47.8 Å². The lowest BCUT2D eigenvalue weighted by atomic mass is 10.1. The van der Waals surface area contributed by atoms with E-state index in [1.165, 1.54) is 84.5 Å². The van der Waals surface area contributed by atoms with Gasteiger partial charge in [-0.1, -0.05) is 34.1 Å². The highest BCUT2D eigenvalue weighted by Crippen LogP contribution is 2.04. The topological polar surface area (TPSA) is 13.0 Å². The average Bonchev–Trinajstić information content (AvgIpc) is 3.14.